The second-order valence-corrected chi connectivity index (χ2v) is 12.1. The van der Waals surface area contributed by atoms with Gasteiger partial charge in [0.1, 0.15) is 0 Å². The van der Waals surface area contributed by atoms with E-state index < -0.39 is 9.84 Å². The highest BCUT2D eigenvalue weighted by molar-refractivity contribution is 7.91. The number of rotatable bonds is 8. The number of hydrogen-bond donors (Lipinski definition) is 1. The SMILES string of the molecule is CCS(=O)(=O)c1ccc(CNC(=O)c2cnc3c(c2)CN(Cc2ccc(C#N)cc2)[C@@H]3[C@H]2CCOC2)cc1. The van der Waals surface area contributed by atoms with Crippen molar-refractivity contribution in [3.8, 4) is 6.07 Å². The Kier molecular flexibility index (Phi) is 7.56. The normalized spacial score (nSPS) is 19.2. The molecule has 9 heteroatoms. The molecule has 1 N–H and O–H groups in total. The lowest BCUT2D eigenvalue weighted by Crippen LogP contribution is -2.28. The van der Waals surface area contributed by atoms with E-state index in [0.717, 1.165) is 35.4 Å². The smallest absolute Gasteiger partial charge is 0.253 e. The van der Waals surface area contributed by atoms with Crippen LogP contribution in [0.3, 0.4) is 0 Å². The molecule has 3 aromatic rings. The number of amides is 1. The number of nitrogens with one attached hydrogen (secondary N) is 1. The summed E-state index contributed by atoms with van der Waals surface area (Å²) in [6.07, 6.45) is 2.61. The Bertz CT molecular complexity index is 1460. The van der Waals surface area contributed by atoms with Crippen LogP contribution in [0.2, 0.25) is 0 Å². The second-order valence-electron chi connectivity index (χ2n) is 9.78. The van der Waals surface area contributed by atoms with Crippen molar-refractivity contribution in [2.24, 2.45) is 5.92 Å². The Morgan fingerprint density at radius 2 is 1.89 bits per heavy atom. The summed E-state index contributed by atoms with van der Waals surface area (Å²) in [5, 5.41) is 12.0. The molecule has 3 heterocycles. The maximum atomic E-state index is 13.0. The average Bonchev–Trinajstić information content (AvgIpc) is 3.59. The van der Waals surface area contributed by atoms with Crippen molar-refractivity contribution in [2.45, 2.75) is 43.9 Å². The van der Waals surface area contributed by atoms with E-state index in [1.807, 2.05) is 30.3 Å². The van der Waals surface area contributed by atoms with Gasteiger partial charge in [0.15, 0.2) is 9.84 Å². The number of aromatic nitrogens is 1. The fraction of sp³-hybridized carbons (Fsp3) is 0.345. The summed E-state index contributed by atoms with van der Waals surface area (Å²) in [6, 6.07) is 18.4. The van der Waals surface area contributed by atoms with Crippen molar-refractivity contribution in [1.29, 1.82) is 5.26 Å². The molecule has 0 bridgehead atoms. The third kappa shape index (κ3) is 5.48. The Morgan fingerprint density at radius 3 is 2.55 bits per heavy atom. The molecule has 1 amide bonds. The van der Waals surface area contributed by atoms with Crippen molar-refractivity contribution in [3.63, 3.8) is 0 Å². The van der Waals surface area contributed by atoms with Gasteiger partial charge in [0.05, 0.1) is 46.2 Å². The first-order valence-corrected chi connectivity index (χ1v) is 14.4. The maximum absolute atomic E-state index is 13.0. The number of carbonyl (C=O) groups is 1. The highest BCUT2D eigenvalue weighted by atomic mass is 32.2. The number of carbonyl (C=O) groups excluding carboxylic acids is 1. The van der Waals surface area contributed by atoms with E-state index in [-0.39, 0.29) is 29.1 Å². The molecule has 1 fully saturated rings. The van der Waals surface area contributed by atoms with Crippen LogP contribution in [0.1, 0.15) is 57.7 Å². The predicted octanol–water partition coefficient (Wildman–Crippen LogP) is 3.77. The lowest BCUT2D eigenvalue weighted by Gasteiger charge is -2.28. The monoisotopic (exact) mass is 530 g/mol. The Morgan fingerprint density at radius 1 is 1.16 bits per heavy atom. The molecule has 0 unspecified atom stereocenters. The largest absolute Gasteiger partial charge is 0.381 e. The van der Waals surface area contributed by atoms with Gasteiger partial charge in [-0.15, -0.1) is 0 Å². The van der Waals surface area contributed by atoms with E-state index in [9.17, 15) is 13.2 Å². The molecular weight excluding hydrogens is 500 g/mol. The number of sulfone groups is 1. The van der Waals surface area contributed by atoms with Crippen molar-refractivity contribution >= 4 is 15.7 Å². The molecule has 2 atom stereocenters. The number of hydrogen-bond acceptors (Lipinski definition) is 7. The van der Waals surface area contributed by atoms with Gasteiger partial charge in [0, 0.05) is 38.4 Å². The summed E-state index contributed by atoms with van der Waals surface area (Å²) in [4.78, 5) is 20.4. The highest BCUT2D eigenvalue weighted by Gasteiger charge is 2.39. The molecule has 5 rings (SSSR count). The predicted molar refractivity (Wildman–Crippen MR) is 142 cm³/mol. The van der Waals surface area contributed by atoms with Gasteiger partial charge in [0.2, 0.25) is 0 Å². The number of pyridine rings is 1. The van der Waals surface area contributed by atoms with Gasteiger partial charge < -0.3 is 10.1 Å². The minimum absolute atomic E-state index is 0.0495. The molecule has 2 aliphatic rings. The van der Waals surface area contributed by atoms with Crippen LogP contribution in [0.4, 0.5) is 0 Å². The molecule has 2 aromatic carbocycles. The number of ether oxygens (including phenoxy) is 1. The lowest BCUT2D eigenvalue weighted by atomic mass is 9.95. The fourth-order valence-electron chi connectivity index (χ4n) is 5.19. The molecule has 0 aliphatic carbocycles. The van der Waals surface area contributed by atoms with Crippen LogP contribution in [-0.2, 0) is 34.2 Å². The molecule has 8 nitrogen and oxygen atoms in total. The van der Waals surface area contributed by atoms with Crippen LogP contribution in [-0.4, -0.2) is 43.2 Å². The summed E-state index contributed by atoms with van der Waals surface area (Å²) in [7, 11) is -3.25. The van der Waals surface area contributed by atoms with Gasteiger partial charge >= 0.3 is 0 Å². The van der Waals surface area contributed by atoms with Crippen molar-refractivity contribution in [3.05, 3.63) is 94.3 Å². The number of nitriles is 1. The zero-order chi connectivity index (χ0) is 26.7. The molecule has 0 spiro atoms. The molecule has 0 saturated carbocycles. The molecule has 1 aromatic heterocycles. The molecule has 2 aliphatic heterocycles. The molecule has 196 valence electrons. The Balaban J connectivity index is 1.30. The van der Waals surface area contributed by atoms with E-state index in [1.54, 1.807) is 37.4 Å². The van der Waals surface area contributed by atoms with E-state index in [2.05, 4.69) is 16.3 Å². The van der Waals surface area contributed by atoms with Gasteiger partial charge in [-0.1, -0.05) is 31.2 Å². The van der Waals surface area contributed by atoms with Gasteiger partial charge in [-0.2, -0.15) is 5.26 Å². The first-order chi connectivity index (χ1) is 18.4. The lowest BCUT2D eigenvalue weighted by molar-refractivity contribution is 0.0950. The summed E-state index contributed by atoms with van der Waals surface area (Å²) in [6.45, 7) is 4.73. The maximum Gasteiger partial charge on any atom is 0.253 e. The topological polar surface area (TPSA) is 112 Å². The van der Waals surface area contributed by atoms with Gasteiger partial charge in [-0.05, 0) is 53.4 Å². The van der Waals surface area contributed by atoms with Crippen molar-refractivity contribution in [1.82, 2.24) is 15.2 Å². The van der Waals surface area contributed by atoms with Crippen molar-refractivity contribution < 1.29 is 17.9 Å². The molecule has 1 saturated heterocycles. The minimum Gasteiger partial charge on any atom is -0.381 e. The summed E-state index contributed by atoms with van der Waals surface area (Å²) >= 11 is 0. The van der Waals surface area contributed by atoms with E-state index >= 15 is 0 Å². The van der Waals surface area contributed by atoms with Gasteiger partial charge in [0.25, 0.3) is 5.91 Å². The van der Waals surface area contributed by atoms with Crippen LogP contribution in [0.15, 0.2) is 65.7 Å². The zero-order valence-corrected chi connectivity index (χ0v) is 22.1. The van der Waals surface area contributed by atoms with Crippen LogP contribution in [0.25, 0.3) is 0 Å². The minimum atomic E-state index is -3.25. The summed E-state index contributed by atoms with van der Waals surface area (Å²) in [5.41, 5.74) is 5.11. The molecule has 38 heavy (non-hydrogen) atoms. The van der Waals surface area contributed by atoms with E-state index in [0.29, 0.717) is 36.7 Å². The van der Waals surface area contributed by atoms with Crippen LogP contribution in [0, 0.1) is 17.2 Å². The standard InChI is InChI=1S/C29H30N4O4S/c1-2-38(35,36)26-9-7-21(8-10-26)15-32-29(34)24-13-25-18-33(17-22-5-3-20(14-30)4-6-22)28(27(25)31-16-24)23-11-12-37-19-23/h3-10,13,16,23,28H,2,11-12,15,17-19H2,1H3,(H,32,34)/t23-,28+/m0/s1. The van der Waals surface area contributed by atoms with E-state index in [1.165, 1.54) is 0 Å². The van der Waals surface area contributed by atoms with E-state index in [4.69, 9.17) is 15.0 Å². The fourth-order valence-corrected chi connectivity index (χ4v) is 6.07. The highest BCUT2D eigenvalue weighted by Crippen LogP contribution is 2.41. The van der Waals surface area contributed by atoms with Crippen molar-refractivity contribution in [2.75, 3.05) is 19.0 Å². The quantitative estimate of drug-likeness (QED) is 0.472. The van der Waals surface area contributed by atoms with Gasteiger partial charge in [-0.25, -0.2) is 8.42 Å². The summed E-state index contributed by atoms with van der Waals surface area (Å²) < 4.78 is 29.7. The summed E-state index contributed by atoms with van der Waals surface area (Å²) in [5.74, 6) is 0.159. The zero-order valence-electron chi connectivity index (χ0n) is 21.3. The van der Waals surface area contributed by atoms with Crippen LogP contribution < -0.4 is 5.32 Å². The first-order valence-electron chi connectivity index (χ1n) is 12.8. The average molecular weight is 531 g/mol. The Labute approximate surface area is 223 Å². The number of nitrogens with zero attached hydrogens (tertiary/aromatic N) is 3. The van der Waals surface area contributed by atoms with Crippen LogP contribution >= 0.6 is 0 Å². The third-order valence-electron chi connectivity index (χ3n) is 7.31. The number of benzene rings is 2. The number of fused-ring (bicyclic) bond motifs is 1. The molecular formula is C29H30N4O4S. The first kappa shape index (κ1) is 26.0. The Hall–Kier alpha value is -3.58. The molecule has 0 radical (unpaired) electrons. The third-order valence-corrected chi connectivity index (χ3v) is 9.06. The van der Waals surface area contributed by atoms with Gasteiger partial charge in [-0.3, -0.25) is 14.7 Å². The van der Waals surface area contributed by atoms with Crippen LogP contribution in [0.5, 0.6) is 0 Å². The second kappa shape index (κ2) is 11.0.